The molecule has 0 saturated heterocycles. The highest BCUT2D eigenvalue weighted by Gasteiger charge is 2.25. The molecule has 2 unspecified atom stereocenters. The van der Waals surface area contributed by atoms with Crippen molar-refractivity contribution in [2.24, 2.45) is 0 Å². The molecule has 0 aliphatic carbocycles. The molecule has 0 amide bonds. The Labute approximate surface area is 100.0 Å². The maximum absolute atomic E-state index is 10.7. The number of anilines is 1. The van der Waals surface area contributed by atoms with E-state index in [-0.39, 0.29) is 16.6 Å². The van der Waals surface area contributed by atoms with E-state index in [1.807, 2.05) is 0 Å². The van der Waals surface area contributed by atoms with Gasteiger partial charge in [-0.25, -0.2) is 0 Å². The smallest absolute Gasteiger partial charge is 0.275 e. The molecule has 6 nitrogen and oxygen atoms in total. The number of aliphatic hydroxyl groups is 2. The largest absolute Gasteiger partial charge is 0.399 e. The van der Waals surface area contributed by atoms with Crippen molar-refractivity contribution in [1.82, 2.24) is 0 Å². The molecule has 7 heteroatoms. The summed E-state index contributed by atoms with van der Waals surface area (Å²) >= 11 is 2.98. The molecule has 0 aromatic heterocycles. The van der Waals surface area contributed by atoms with Gasteiger partial charge < -0.3 is 15.9 Å². The van der Waals surface area contributed by atoms with Crippen molar-refractivity contribution in [3.63, 3.8) is 0 Å². The Kier molecular flexibility index (Phi) is 4.22. The molecule has 1 aromatic rings. The number of nitrogen functional groups attached to an aromatic ring is 1. The molecule has 1 aromatic carbocycles. The maximum atomic E-state index is 10.7. The zero-order chi connectivity index (χ0) is 12.3. The quantitative estimate of drug-likeness (QED) is 0.331. The second-order valence-electron chi connectivity index (χ2n) is 3.24. The Morgan fingerprint density at radius 1 is 1.50 bits per heavy atom. The molecule has 0 spiro atoms. The molecule has 0 heterocycles. The van der Waals surface area contributed by atoms with Gasteiger partial charge in [0, 0.05) is 17.1 Å². The highest BCUT2D eigenvalue weighted by molar-refractivity contribution is 9.09. The minimum atomic E-state index is -1.34. The first-order valence-corrected chi connectivity index (χ1v) is 5.55. The van der Waals surface area contributed by atoms with E-state index in [1.165, 1.54) is 18.2 Å². The predicted molar refractivity (Wildman–Crippen MR) is 62.3 cm³/mol. The first-order chi connectivity index (χ1) is 7.47. The standard InChI is InChI=1S/C9H11BrN2O4/c10-4-8(13)9(14)6-3-5(11)1-2-7(6)12(15)16/h1-3,8-9,13-14H,4,11H2. The van der Waals surface area contributed by atoms with Crippen LogP contribution in [0, 0.1) is 10.1 Å². The molecule has 0 radical (unpaired) electrons. The van der Waals surface area contributed by atoms with Crippen molar-refractivity contribution in [1.29, 1.82) is 0 Å². The average Bonchev–Trinajstić information content (AvgIpc) is 2.26. The third-order valence-electron chi connectivity index (χ3n) is 2.09. The Hall–Kier alpha value is -1.18. The van der Waals surface area contributed by atoms with Crippen LogP contribution in [0.2, 0.25) is 0 Å². The van der Waals surface area contributed by atoms with E-state index in [0.29, 0.717) is 5.69 Å². The third-order valence-corrected chi connectivity index (χ3v) is 2.75. The lowest BCUT2D eigenvalue weighted by Gasteiger charge is -2.16. The summed E-state index contributed by atoms with van der Waals surface area (Å²) < 4.78 is 0. The van der Waals surface area contributed by atoms with Gasteiger partial charge in [-0.2, -0.15) is 0 Å². The maximum Gasteiger partial charge on any atom is 0.275 e. The lowest BCUT2D eigenvalue weighted by molar-refractivity contribution is -0.386. The fourth-order valence-electron chi connectivity index (χ4n) is 1.27. The number of nitrogens with zero attached hydrogens (tertiary/aromatic N) is 1. The summed E-state index contributed by atoms with van der Waals surface area (Å²) in [6, 6.07) is 3.86. The zero-order valence-electron chi connectivity index (χ0n) is 8.21. The summed E-state index contributed by atoms with van der Waals surface area (Å²) in [4.78, 5) is 10.1. The van der Waals surface area contributed by atoms with Gasteiger partial charge in [-0.3, -0.25) is 10.1 Å². The molecule has 88 valence electrons. The minimum absolute atomic E-state index is 0.0111. The van der Waals surface area contributed by atoms with E-state index in [1.54, 1.807) is 0 Å². The molecule has 0 aliphatic heterocycles. The van der Waals surface area contributed by atoms with Gasteiger partial charge in [0.1, 0.15) is 6.10 Å². The zero-order valence-corrected chi connectivity index (χ0v) is 9.79. The van der Waals surface area contributed by atoms with Crippen LogP contribution in [-0.4, -0.2) is 26.6 Å². The van der Waals surface area contributed by atoms with Crippen LogP contribution in [-0.2, 0) is 0 Å². The Bertz CT molecular complexity index is 399. The Balaban J connectivity index is 3.19. The Morgan fingerprint density at radius 2 is 2.12 bits per heavy atom. The van der Waals surface area contributed by atoms with E-state index in [2.05, 4.69) is 15.9 Å². The number of hydrogen-bond donors (Lipinski definition) is 3. The van der Waals surface area contributed by atoms with Crippen LogP contribution in [0.3, 0.4) is 0 Å². The average molecular weight is 291 g/mol. The number of aliphatic hydroxyl groups excluding tert-OH is 2. The fraction of sp³-hybridized carbons (Fsp3) is 0.333. The minimum Gasteiger partial charge on any atom is -0.399 e. The van der Waals surface area contributed by atoms with Gasteiger partial charge in [-0.05, 0) is 12.1 Å². The van der Waals surface area contributed by atoms with Gasteiger partial charge in [-0.1, -0.05) is 15.9 Å². The van der Waals surface area contributed by atoms with Crippen LogP contribution in [0.25, 0.3) is 0 Å². The van der Waals surface area contributed by atoms with Crippen molar-refractivity contribution < 1.29 is 15.1 Å². The van der Waals surface area contributed by atoms with Gasteiger partial charge in [0.05, 0.1) is 16.6 Å². The number of nitro benzene ring substituents is 1. The number of nitro groups is 1. The second-order valence-corrected chi connectivity index (χ2v) is 3.89. The third kappa shape index (κ3) is 2.69. The van der Waals surface area contributed by atoms with Crippen LogP contribution in [0.4, 0.5) is 11.4 Å². The van der Waals surface area contributed by atoms with Crippen molar-refractivity contribution in [2.45, 2.75) is 12.2 Å². The van der Waals surface area contributed by atoms with Gasteiger partial charge in [0.15, 0.2) is 0 Å². The topological polar surface area (TPSA) is 110 Å². The molecule has 0 aliphatic rings. The van der Waals surface area contributed by atoms with Crippen molar-refractivity contribution in [2.75, 3.05) is 11.1 Å². The fourth-order valence-corrected chi connectivity index (χ4v) is 1.62. The molecule has 0 bridgehead atoms. The number of halogens is 1. The summed E-state index contributed by atoms with van der Waals surface area (Å²) in [6.07, 6.45) is -2.47. The van der Waals surface area contributed by atoms with Crippen LogP contribution in [0.1, 0.15) is 11.7 Å². The SMILES string of the molecule is Nc1ccc([N+](=O)[O-])c(C(O)C(O)CBr)c1. The lowest BCUT2D eigenvalue weighted by atomic mass is 10.0. The van der Waals surface area contributed by atoms with E-state index in [4.69, 9.17) is 5.73 Å². The number of benzene rings is 1. The highest BCUT2D eigenvalue weighted by Crippen LogP contribution is 2.29. The van der Waals surface area contributed by atoms with Crippen molar-refractivity contribution >= 4 is 27.3 Å². The van der Waals surface area contributed by atoms with Gasteiger partial charge in [0.25, 0.3) is 5.69 Å². The highest BCUT2D eigenvalue weighted by atomic mass is 79.9. The summed E-state index contributed by atoms with van der Waals surface area (Å²) in [6.45, 7) is 0. The Morgan fingerprint density at radius 3 is 2.62 bits per heavy atom. The van der Waals surface area contributed by atoms with E-state index >= 15 is 0 Å². The molecule has 0 fully saturated rings. The molecule has 2 atom stereocenters. The summed E-state index contributed by atoms with van der Waals surface area (Å²) in [5.41, 5.74) is 5.52. The molecule has 0 saturated carbocycles. The number of alkyl halides is 1. The first-order valence-electron chi connectivity index (χ1n) is 4.43. The first kappa shape index (κ1) is 12.9. The van der Waals surface area contributed by atoms with Gasteiger partial charge in [-0.15, -0.1) is 0 Å². The van der Waals surface area contributed by atoms with Crippen molar-refractivity contribution in [3.05, 3.63) is 33.9 Å². The van der Waals surface area contributed by atoms with E-state index in [9.17, 15) is 20.3 Å². The van der Waals surface area contributed by atoms with Crippen LogP contribution in [0.5, 0.6) is 0 Å². The van der Waals surface area contributed by atoms with Gasteiger partial charge >= 0.3 is 0 Å². The van der Waals surface area contributed by atoms with Gasteiger partial charge in [0.2, 0.25) is 0 Å². The predicted octanol–water partition coefficient (Wildman–Crippen LogP) is 0.966. The summed E-state index contributed by atoms with van der Waals surface area (Å²) in [5.74, 6) is 0. The van der Waals surface area contributed by atoms with Crippen LogP contribution in [0.15, 0.2) is 18.2 Å². The normalized spacial score (nSPS) is 14.4. The molecule has 16 heavy (non-hydrogen) atoms. The number of rotatable bonds is 4. The summed E-state index contributed by atoms with van der Waals surface area (Å²) in [5, 5.41) is 29.9. The molecular formula is C9H11BrN2O4. The monoisotopic (exact) mass is 290 g/mol. The summed E-state index contributed by atoms with van der Waals surface area (Å²) in [7, 11) is 0. The number of hydrogen-bond acceptors (Lipinski definition) is 5. The van der Waals surface area contributed by atoms with E-state index < -0.39 is 17.1 Å². The van der Waals surface area contributed by atoms with E-state index in [0.717, 1.165) is 0 Å². The van der Waals surface area contributed by atoms with Crippen molar-refractivity contribution in [3.8, 4) is 0 Å². The molecule has 4 N–H and O–H groups in total. The van der Waals surface area contributed by atoms with Crippen LogP contribution >= 0.6 is 15.9 Å². The molecular weight excluding hydrogens is 280 g/mol. The number of nitrogens with two attached hydrogens (primary N) is 1. The lowest BCUT2D eigenvalue weighted by Crippen LogP contribution is -2.20. The molecule has 1 rings (SSSR count). The van der Waals surface area contributed by atoms with Crippen LogP contribution < -0.4 is 5.73 Å². The second kappa shape index (κ2) is 5.24.